The maximum Gasteiger partial charge on any atom is 0.0774 e. The van der Waals surface area contributed by atoms with Crippen LogP contribution in [-0.2, 0) is 4.74 Å². The number of hydrogen-bond acceptors (Lipinski definition) is 2. The molecule has 0 aliphatic carbocycles. The Balaban J connectivity index is 2.18. The minimum absolute atomic E-state index is 0.253. The summed E-state index contributed by atoms with van der Waals surface area (Å²) in [5, 5.41) is 4.45. The highest BCUT2D eigenvalue weighted by Crippen LogP contribution is 2.31. The van der Waals surface area contributed by atoms with Gasteiger partial charge in [0, 0.05) is 5.02 Å². The second kappa shape index (κ2) is 6.74. The van der Waals surface area contributed by atoms with Gasteiger partial charge in [0.1, 0.15) is 0 Å². The summed E-state index contributed by atoms with van der Waals surface area (Å²) in [7, 11) is 0. The Morgan fingerprint density at radius 1 is 1.42 bits per heavy atom. The van der Waals surface area contributed by atoms with Crippen LogP contribution >= 0.6 is 11.6 Å². The van der Waals surface area contributed by atoms with Gasteiger partial charge in [-0.25, -0.2) is 0 Å². The second-order valence-electron chi connectivity index (χ2n) is 5.50. The number of aryl methyl sites for hydroxylation is 1. The van der Waals surface area contributed by atoms with Gasteiger partial charge >= 0.3 is 0 Å². The predicted octanol–water partition coefficient (Wildman–Crippen LogP) is 4.26. The molecule has 1 N–H and O–H groups in total. The highest BCUT2D eigenvalue weighted by atomic mass is 35.5. The van der Waals surface area contributed by atoms with E-state index in [1.807, 2.05) is 6.92 Å². The first-order valence-corrected chi connectivity index (χ1v) is 7.64. The van der Waals surface area contributed by atoms with Crippen molar-refractivity contribution in [1.29, 1.82) is 0 Å². The van der Waals surface area contributed by atoms with E-state index in [-0.39, 0.29) is 12.1 Å². The molecule has 1 fully saturated rings. The first-order chi connectivity index (χ1) is 9.11. The van der Waals surface area contributed by atoms with E-state index < -0.39 is 0 Å². The summed E-state index contributed by atoms with van der Waals surface area (Å²) in [5.41, 5.74) is 2.36. The lowest BCUT2D eigenvalue weighted by atomic mass is 9.98. The van der Waals surface area contributed by atoms with Crippen LogP contribution in [0.3, 0.4) is 0 Å². The Morgan fingerprint density at radius 3 is 2.79 bits per heavy atom. The van der Waals surface area contributed by atoms with Gasteiger partial charge in [0.15, 0.2) is 0 Å². The molecular weight excluding hydrogens is 258 g/mol. The number of hydrogen-bond donors (Lipinski definition) is 1. The van der Waals surface area contributed by atoms with E-state index in [0.717, 1.165) is 36.4 Å². The maximum absolute atomic E-state index is 6.26. The zero-order valence-corrected chi connectivity index (χ0v) is 12.8. The largest absolute Gasteiger partial charge is 0.373 e. The van der Waals surface area contributed by atoms with Gasteiger partial charge in [-0.3, -0.25) is 0 Å². The van der Waals surface area contributed by atoms with Crippen LogP contribution in [-0.4, -0.2) is 18.8 Å². The molecule has 2 nitrogen and oxygen atoms in total. The molecule has 3 heteroatoms. The van der Waals surface area contributed by atoms with E-state index in [0.29, 0.717) is 6.10 Å². The topological polar surface area (TPSA) is 21.3 Å². The Kier molecular flexibility index (Phi) is 5.26. The van der Waals surface area contributed by atoms with Crippen LogP contribution in [0.4, 0.5) is 0 Å². The van der Waals surface area contributed by atoms with Gasteiger partial charge in [-0.2, -0.15) is 0 Å². The summed E-state index contributed by atoms with van der Waals surface area (Å²) in [4.78, 5) is 0. The standard InChI is InChI=1S/C16H24ClNO/c1-4-9-18-16(15-8-6-12(3)19-15)13-7-5-11(2)14(17)10-13/h5,7,10,12,15-16,18H,4,6,8-9H2,1-3H3. The quantitative estimate of drug-likeness (QED) is 0.871. The fourth-order valence-corrected chi connectivity index (χ4v) is 2.83. The molecular formula is C16H24ClNO. The number of rotatable bonds is 5. The molecule has 0 amide bonds. The first-order valence-electron chi connectivity index (χ1n) is 7.26. The molecule has 3 unspecified atom stereocenters. The third kappa shape index (κ3) is 3.71. The minimum atomic E-state index is 0.253. The second-order valence-corrected chi connectivity index (χ2v) is 5.91. The zero-order valence-electron chi connectivity index (χ0n) is 12.1. The van der Waals surface area contributed by atoms with Crippen molar-refractivity contribution in [2.24, 2.45) is 0 Å². The van der Waals surface area contributed by atoms with E-state index >= 15 is 0 Å². The monoisotopic (exact) mass is 281 g/mol. The Morgan fingerprint density at radius 2 is 2.21 bits per heavy atom. The highest BCUT2D eigenvalue weighted by molar-refractivity contribution is 6.31. The summed E-state index contributed by atoms with van der Waals surface area (Å²) < 4.78 is 6.04. The third-order valence-electron chi connectivity index (χ3n) is 3.81. The fourth-order valence-electron chi connectivity index (χ4n) is 2.65. The molecule has 1 aromatic rings. The number of benzene rings is 1. The van der Waals surface area contributed by atoms with Crippen LogP contribution in [0.15, 0.2) is 18.2 Å². The van der Waals surface area contributed by atoms with E-state index in [9.17, 15) is 0 Å². The van der Waals surface area contributed by atoms with Crippen LogP contribution in [0.1, 0.15) is 50.3 Å². The van der Waals surface area contributed by atoms with E-state index in [2.05, 4.69) is 37.4 Å². The Labute approximate surface area is 121 Å². The van der Waals surface area contributed by atoms with Crippen molar-refractivity contribution in [3.8, 4) is 0 Å². The summed E-state index contributed by atoms with van der Waals surface area (Å²) in [6, 6.07) is 6.59. The highest BCUT2D eigenvalue weighted by Gasteiger charge is 2.30. The van der Waals surface area contributed by atoms with Crippen LogP contribution in [0, 0.1) is 6.92 Å². The minimum Gasteiger partial charge on any atom is -0.373 e. The van der Waals surface area contributed by atoms with E-state index in [1.54, 1.807) is 0 Å². The summed E-state index contributed by atoms with van der Waals surface area (Å²) in [6.07, 6.45) is 4.03. The molecule has 0 bridgehead atoms. The van der Waals surface area contributed by atoms with Gasteiger partial charge in [-0.1, -0.05) is 30.7 Å². The van der Waals surface area contributed by atoms with Gasteiger partial charge < -0.3 is 10.1 Å². The SMILES string of the molecule is CCCNC(c1ccc(C)c(Cl)c1)C1CCC(C)O1. The van der Waals surface area contributed by atoms with Crippen molar-refractivity contribution >= 4 is 11.6 Å². The van der Waals surface area contributed by atoms with Crippen molar-refractivity contribution in [3.63, 3.8) is 0 Å². The average Bonchev–Trinajstić information content (AvgIpc) is 2.80. The normalized spacial score (nSPS) is 24.6. The number of nitrogens with one attached hydrogen (secondary N) is 1. The molecule has 0 saturated carbocycles. The maximum atomic E-state index is 6.26. The smallest absolute Gasteiger partial charge is 0.0774 e. The molecule has 0 aromatic heterocycles. The van der Waals surface area contributed by atoms with Gasteiger partial charge in [0.05, 0.1) is 18.2 Å². The Bertz CT molecular complexity index is 421. The van der Waals surface area contributed by atoms with Crippen molar-refractivity contribution in [2.75, 3.05) is 6.54 Å². The molecule has 0 radical (unpaired) electrons. The van der Waals surface area contributed by atoms with Crippen molar-refractivity contribution in [1.82, 2.24) is 5.32 Å². The lowest BCUT2D eigenvalue weighted by Crippen LogP contribution is -2.32. The molecule has 1 heterocycles. The molecule has 19 heavy (non-hydrogen) atoms. The van der Waals surface area contributed by atoms with Gasteiger partial charge in [-0.05, 0) is 56.8 Å². The molecule has 1 aliphatic rings. The average molecular weight is 282 g/mol. The Hall–Kier alpha value is -0.570. The van der Waals surface area contributed by atoms with Crippen molar-refractivity contribution in [3.05, 3.63) is 34.3 Å². The zero-order chi connectivity index (χ0) is 13.8. The molecule has 0 spiro atoms. The molecule has 1 aliphatic heterocycles. The third-order valence-corrected chi connectivity index (χ3v) is 4.21. The molecule has 106 valence electrons. The van der Waals surface area contributed by atoms with Crippen molar-refractivity contribution in [2.45, 2.75) is 58.3 Å². The summed E-state index contributed by atoms with van der Waals surface area (Å²) in [5.74, 6) is 0. The van der Waals surface area contributed by atoms with Crippen molar-refractivity contribution < 1.29 is 4.74 Å². The fraction of sp³-hybridized carbons (Fsp3) is 0.625. The molecule has 3 atom stereocenters. The lowest BCUT2D eigenvalue weighted by molar-refractivity contribution is 0.0316. The van der Waals surface area contributed by atoms with E-state index in [1.165, 1.54) is 5.56 Å². The molecule has 1 saturated heterocycles. The van der Waals surface area contributed by atoms with Crippen LogP contribution < -0.4 is 5.32 Å². The van der Waals surface area contributed by atoms with Crippen LogP contribution in [0.25, 0.3) is 0 Å². The lowest BCUT2D eigenvalue weighted by Gasteiger charge is -2.25. The van der Waals surface area contributed by atoms with Gasteiger partial charge in [-0.15, -0.1) is 0 Å². The number of ether oxygens (including phenoxy) is 1. The van der Waals surface area contributed by atoms with Gasteiger partial charge in [0.25, 0.3) is 0 Å². The van der Waals surface area contributed by atoms with E-state index in [4.69, 9.17) is 16.3 Å². The predicted molar refractivity (Wildman–Crippen MR) is 80.8 cm³/mol. The molecule has 2 rings (SSSR count). The first kappa shape index (κ1) is 14.8. The van der Waals surface area contributed by atoms with Crippen LogP contribution in [0.2, 0.25) is 5.02 Å². The van der Waals surface area contributed by atoms with Crippen LogP contribution in [0.5, 0.6) is 0 Å². The summed E-state index contributed by atoms with van der Waals surface area (Å²) >= 11 is 6.26. The summed E-state index contributed by atoms with van der Waals surface area (Å²) in [6.45, 7) is 7.38. The molecule has 1 aromatic carbocycles. The van der Waals surface area contributed by atoms with Gasteiger partial charge in [0.2, 0.25) is 0 Å². The number of halogens is 1.